The van der Waals surface area contributed by atoms with Crippen molar-refractivity contribution >= 4 is 33.4 Å². The predicted octanol–water partition coefficient (Wildman–Crippen LogP) is 2.68. The molecule has 1 aromatic carbocycles. The third-order valence-electron chi connectivity index (χ3n) is 3.83. The molecule has 0 bridgehead atoms. The van der Waals surface area contributed by atoms with Crippen molar-refractivity contribution in [1.29, 1.82) is 0 Å². The van der Waals surface area contributed by atoms with Crippen LogP contribution in [0.5, 0.6) is 0 Å². The lowest BCUT2D eigenvalue weighted by atomic mass is 9.98. The lowest BCUT2D eigenvalue weighted by Crippen LogP contribution is -2.40. The number of nitrogens with one attached hydrogen (secondary N) is 1. The highest BCUT2D eigenvalue weighted by atomic mass is 35.5. The summed E-state index contributed by atoms with van der Waals surface area (Å²) in [6.07, 6.45) is 3.72. The number of halogens is 1. The molecule has 0 amide bonds. The van der Waals surface area contributed by atoms with Gasteiger partial charge in [-0.25, -0.2) is 8.42 Å². The number of rotatable bonds is 5. The molecule has 0 atom stereocenters. The van der Waals surface area contributed by atoms with Gasteiger partial charge in [-0.3, -0.25) is 0 Å². The van der Waals surface area contributed by atoms with Gasteiger partial charge >= 0.3 is 0 Å². The van der Waals surface area contributed by atoms with E-state index in [4.69, 9.17) is 11.6 Å². The SMILES string of the molecule is CNCC1CCN(S(=O)(=O)c2ccc(SC)c(Cl)c2)CC1. The number of hydrogen-bond acceptors (Lipinski definition) is 4. The third kappa shape index (κ3) is 3.93. The maximum atomic E-state index is 12.6. The van der Waals surface area contributed by atoms with Crippen LogP contribution in [-0.2, 0) is 10.0 Å². The van der Waals surface area contributed by atoms with E-state index < -0.39 is 10.0 Å². The molecule has 118 valence electrons. The Kier molecular flexibility index (Phi) is 5.96. The van der Waals surface area contributed by atoms with Gasteiger partial charge in [0, 0.05) is 18.0 Å². The summed E-state index contributed by atoms with van der Waals surface area (Å²) in [5, 5.41) is 3.65. The van der Waals surface area contributed by atoms with Crippen molar-refractivity contribution in [2.75, 3.05) is 32.9 Å². The average Bonchev–Trinajstić information content (AvgIpc) is 2.48. The van der Waals surface area contributed by atoms with Crippen LogP contribution in [0.2, 0.25) is 5.02 Å². The summed E-state index contributed by atoms with van der Waals surface area (Å²) in [7, 11) is -1.50. The van der Waals surface area contributed by atoms with Crippen molar-refractivity contribution in [2.24, 2.45) is 5.92 Å². The van der Waals surface area contributed by atoms with Gasteiger partial charge in [0.15, 0.2) is 0 Å². The Morgan fingerprint density at radius 2 is 2.05 bits per heavy atom. The topological polar surface area (TPSA) is 49.4 Å². The van der Waals surface area contributed by atoms with Crippen molar-refractivity contribution in [3.05, 3.63) is 23.2 Å². The summed E-state index contributed by atoms with van der Waals surface area (Å²) in [6, 6.07) is 4.97. The average molecular weight is 349 g/mol. The Labute approximate surface area is 136 Å². The van der Waals surface area contributed by atoms with E-state index in [-0.39, 0.29) is 4.90 Å². The van der Waals surface area contributed by atoms with Crippen LogP contribution in [0.4, 0.5) is 0 Å². The van der Waals surface area contributed by atoms with Crippen LogP contribution in [0.1, 0.15) is 12.8 Å². The summed E-state index contributed by atoms with van der Waals surface area (Å²) in [4.78, 5) is 1.18. The van der Waals surface area contributed by atoms with Gasteiger partial charge in [-0.15, -0.1) is 11.8 Å². The van der Waals surface area contributed by atoms with E-state index in [0.29, 0.717) is 24.0 Å². The molecule has 1 fully saturated rings. The molecule has 0 aromatic heterocycles. The zero-order valence-corrected chi connectivity index (χ0v) is 14.7. The fourth-order valence-corrected chi connectivity index (χ4v) is 5.03. The molecular weight excluding hydrogens is 328 g/mol. The first-order valence-electron chi connectivity index (χ1n) is 6.97. The van der Waals surface area contributed by atoms with E-state index in [1.807, 2.05) is 13.3 Å². The Morgan fingerprint density at radius 1 is 1.38 bits per heavy atom. The highest BCUT2D eigenvalue weighted by Gasteiger charge is 2.29. The van der Waals surface area contributed by atoms with E-state index in [1.165, 1.54) is 11.8 Å². The van der Waals surface area contributed by atoms with Crippen LogP contribution < -0.4 is 5.32 Å². The van der Waals surface area contributed by atoms with E-state index in [0.717, 1.165) is 24.3 Å². The number of hydrogen-bond donors (Lipinski definition) is 1. The van der Waals surface area contributed by atoms with E-state index in [9.17, 15) is 8.42 Å². The zero-order chi connectivity index (χ0) is 15.5. The third-order valence-corrected chi connectivity index (χ3v) is 6.94. The minimum absolute atomic E-state index is 0.289. The fraction of sp³-hybridized carbons (Fsp3) is 0.571. The zero-order valence-electron chi connectivity index (χ0n) is 12.3. The molecule has 21 heavy (non-hydrogen) atoms. The quantitative estimate of drug-likeness (QED) is 0.831. The molecule has 0 aliphatic carbocycles. The monoisotopic (exact) mass is 348 g/mol. The van der Waals surface area contributed by atoms with Crippen LogP contribution in [0, 0.1) is 5.92 Å². The normalized spacial score (nSPS) is 18.0. The van der Waals surface area contributed by atoms with Crippen LogP contribution in [0.3, 0.4) is 0 Å². The molecule has 0 radical (unpaired) electrons. The molecule has 1 aliphatic heterocycles. The lowest BCUT2D eigenvalue weighted by molar-refractivity contribution is 0.270. The van der Waals surface area contributed by atoms with Crippen molar-refractivity contribution in [3.8, 4) is 0 Å². The molecule has 0 unspecified atom stereocenters. The second-order valence-corrected chi connectivity index (χ2v) is 8.39. The van der Waals surface area contributed by atoms with E-state index in [2.05, 4.69) is 5.32 Å². The first-order valence-corrected chi connectivity index (χ1v) is 10.0. The molecule has 0 saturated carbocycles. The molecule has 1 aromatic rings. The maximum absolute atomic E-state index is 12.6. The first-order chi connectivity index (χ1) is 9.98. The van der Waals surface area contributed by atoms with Gasteiger partial charge < -0.3 is 5.32 Å². The summed E-state index contributed by atoms with van der Waals surface area (Å²) in [6.45, 7) is 2.11. The smallest absolute Gasteiger partial charge is 0.243 e. The van der Waals surface area contributed by atoms with E-state index in [1.54, 1.807) is 22.5 Å². The van der Waals surface area contributed by atoms with Crippen molar-refractivity contribution in [2.45, 2.75) is 22.6 Å². The highest BCUT2D eigenvalue weighted by Crippen LogP contribution is 2.30. The van der Waals surface area contributed by atoms with Crippen molar-refractivity contribution in [3.63, 3.8) is 0 Å². The van der Waals surface area contributed by atoms with Gasteiger partial charge in [0.1, 0.15) is 0 Å². The minimum Gasteiger partial charge on any atom is -0.319 e. The predicted molar refractivity (Wildman–Crippen MR) is 88.6 cm³/mol. The molecular formula is C14H21ClN2O2S2. The Bertz CT molecular complexity index is 585. The minimum atomic E-state index is -3.43. The van der Waals surface area contributed by atoms with Gasteiger partial charge in [0.25, 0.3) is 0 Å². The van der Waals surface area contributed by atoms with Crippen molar-refractivity contribution < 1.29 is 8.42 Å². The van der Waals surface area contributed by atoms with Crippen LogP contribution in [-0.4, -0.2) is 45.7 Å². The Hall–Kier alpha value is -0.270. The first kappa shape index (κ1) is 17.1. The molecule has 0 spiro atoms. The molecule has 1 N–H and O–H groups in total. The van der Waals surface area contributed by atoms with Crippen molar-refractivity contribution in [1.82, 2.24) is 9.62 Å². The largest absolute Gasteiger partial charge is 0.319 e. The second-order valence-electron chi connectivity index (χ2n) is 5.20. The van der Waals surface area contributed by atoms with Crippen LogP contribution >= 0.6 is 23.4 Å². The molecule has 2 rings (SSSR count). The van der Waals surface area contributed by atoms with Gasteiger partial charge in [0.2, 0.25) is 10.0 Å². The molecule has 1 saturated heterocycles. The van der Waals surface area contributed by atoms with Crippen LogP contribution in [0.25, 0.3) is 0 Å². The van der Waals surface area contributed by atoms with Crippen LogP contribution in [0.15, 0.2) is 28.0 Å². The van der Waals surface area contributed by atoms with Gasteiger partial charge in [0.05, 0.1) is 9.92 Å². The lowest BCUT2D eigenvalue weighted by Gasteiger charge is -2.31. The number of nitrogens with zero attached hydrogens (tertiary/aromatic N) is 1. The molecule has 7 heteroatoms. The van der Waals surface area contributed by atoms with Gasteiger partial charge in [-0.2, -0.15) is 4.31 Å². The summed E-state index contributed by atoms with van der Waals surface area (Å²) in [5.41, 5.74) is 0. The Morgan fingerprint density at radius 3 is 2.57 bits per heavy atom. The maximum Gasteiger partial charge on any atom is 0.243 e. The molecule has 1 heterocycles. The highest BCUT2D eigenvalue weighted by molar-refractivity contribution is 7.98. The van der Waals surface area contributed by atoms with E-state index >= 15 is 0 Å². The fourth-order valence-electron chi connectivity index (χ4n) is 2.60. The Balaban J connectivity index is 2.14. The number of benzene rings is 1. The molecule has 1 aliphatic rings. The number of sulfonamides is 1. The van der Waals surface area contributed by atoms with Gasteiger partial charge in [-0.1, -0.05) is 11.6 Å². The number of piperidine rings is 1. The second kappa shape index (κ2) is 7.33. The van der Waals surface area contributed by atoms with Gasteiger partial charge in [-0.05, 0) is 56.8 Å². The summed E-state index contributed by atoms with van der Waals surface area (Å²) >= 11 is 7.64. The standard InChI is InChI=1S/C14H21ClN2O2S2/c1-16-10-11-5-7-17(8-6-11)21(18,19)12-3-4-14(20-2)13(15)9-12/h3-4,9,11,16H,5-8,10H2,1-2H3. The summed E-state index contributed by atoms with van der Waals surface area (Å²) < 4.78 is 26.9. The molecule has 4 nitrogen and oxygen atoms in total. The summed E-state index contributed by atoms with van der Waals surface area (Å²) in [5.74, 6) is 0.559. The number of thioether (sulfide) groups is 1.